The molecule has 8 aliphatic heterocycles. The SMILES string of the molecule is O=P1(CN(CP2(=O)OCCO2)c2ccc(C(c3ccc(N(CP4(=O)OCCO4)CP4(=O)OCCO4)cc3)(c3ccc(N(CP4(=O)OCCO4)CP4(=O)OCCO4)cc3)c3ccc(N(CP4(=O)OCCO4)CP4(=O)OCCO4)cc3)cc2)OCCO1. The van der Waals surface area contributed by atoms with Gasteiger partial charge in [0.1, 0.15) is 50.3 Å². The van der Waals surface area contributed by atoms with Gasteiger partial charge in [0, 0.05) is 22.7 Å². The molecule has 0 aromatic heterocycles. The quantitative estimate of drug-likeness (QED) is 0.0465. The zero-order valence-electron chi connectivity index (χ0n) is 45.9. The number of nitrogens with zero attached hydrogens (tertiary/aromatic N) is 4. The van der Waals surface area contributed by atoms with E-state index in [0.29, 0.717) is 45.0 Å². The molecule has 0 amide bonds. The van der Waals surface area contributed by atoms with Crippen LogP contribution < -0.4 is 19.6 Å². The molecule has 8 heterocycles. The summed E-state index contributed by atoms with van der Waals surface area (Å²) in [5.41, 5.74) is 2.90. The van der Waals surface area contributed by atoms with E-state index in [-0.39, 0.29) is 156 Å². The van der Waals surface area contributed by atoms with Crippen LogP contribution in [-0.4, -0.2) is 156 Å². The molecule has 8 fully saturated rings. The van der Waals surface area contributed by atoms with Crippen molar-refractivity contribution in [3.05, 3.63) is 119 Å². The number of hydrogen-bond acceptors (Lipinski definition) is 28. The second-order valence-electron chi connectivity index (χ2n) is 20.4. The normalized spacial score (nSPS) is 24.0. The molecule has 0 bridgehead atoms. The van der Waals surface area contributed by atoms with Crippen LogP contribution in [0.3, 0.4) is 0 Å². The zero-order chi connectivity index (χ0) is 59.0. The standard InChI is InChI=1S/C49H64N4O24P8/c54-78(62-17-18-63-78)33-50(34-79(55)64-19-20-65-79)45-9-1-41(2-10-45)49(42-3-11-46(12-4-42)51(35-80(56)66-21-22-67-80)36-81(57)68-23-24-69-81,43-5-13-47(14-6-43)52(37-82(58)70-25-26-71-82)38-83(59)72-27-28-73-83)44-7-15-48(16-8-44)53(39-84(60)74-29-30-75-84)40-85(61)76-31-32-77-85/h1-16H,17-40H2. The Hall–Kier alpha value is -2.72. The van der Waals surface area contributed by atoms with E-state index in [9.17, 15) is 36.5 Å². The lowest BCUT2D eigenvalue weighted by molar-refractivity contribution is 0.343. The maximum Gasteiger partial charge on any atom is 0.349 e. The third-order valence-electron chi connectivity index (χ3n) is 14.7. The van der Waals surface area contributed by atoms with Crippen LogP contribution in [-0.2, 0) is 114 Å². The van der Waals surface area contributed by atoms with Crippen molar-refractivity contribution in [3.63, 3.8) is 0 Å². The van der Waals surface area contributed by atoms with E-state index >= 15 is 0 Å². The first kappa shape index (κ1) is 62.5. The summed E-state index contributed by atoms with van der Waals surface area (Å²) in [5, 5.41) is 0. The predicted octanol–water partition coefficient (Wildman–Crippen LogP) is 10.9. The highest BCUT2D eigenvalue weighted by Gasteiger charge is 2.45. The van der Waals surface area contributed by atoms with E-state index in [1.54, 1.807) is 68.1 Å². The summed E-state index contributed by atoms with van der Waals surface area (Å²) in [7, 11) is -29.7. The largest absolute Gasteiger partial charge is 0.349 e. The van der Waals surface area contributed by atoms with Gasteiger partial charge in [-0.25, -0.2) is 0 Å². The van der Waals surface area contributed by atoms with Crippen LogP contribution in [0.15, 0.2) is 97.1 Å². The first-order chi connectivity index (χ1) is 40.8. The van der Waals surface area contributed by atoms with Gasteiger partial charge in [-0.15, -0.1) is 0 Å². The highest BCUT2D eigenvalue weighted by atomic mass is 31.2. The maximum absolute atomic E-state index is 13.9. The fourth-order valence-corrected chi connectivity index (χ4v) is 24.6. The van der Waals surface area contributed by atoms with Crippen molar-refractivity contribution in [3.8, 4) is 0 Å². The van der Waals surface area contributed by atoms with Crippen LogP contribution in [0.2, 0.25) is 0 Å². The molecule has 0 radical (unpaired) electrons. The Labute approximate surface area is 490 Å². The predicted molar refractivity (Wildman–Crippen MR) is 310 cm³/mol. The molecule has 36 heteroatoms. The Balaban J connectivity index is 1.02. The number of hydrogen-bond donors (Lipinski definition) is 0. The Morgan fingerprint density at radius 3 is 0.459 bits per heavy atom. The summed E-state index contributed by atoms with van der Waals surface area (Å²) in [6.45, 7) is 1.65. The summed E-state index contributed by atoms with van der Waals surface area (Å²) < 4.78 is 201. The lowest BCUT2D eigenvalue weighted by Crippen LogP contribution is -2.32. The van der Waals surface area contributed by atoms with Crippen LogP contribution in [0, 0.1) is 0 Å². The number of benzene rings is 4. The highest BCUT2D eigenvalue weighted by molar-refractivity contribution is 7.57. The van der Waals surface area contributed by atoms with Crippen LogP contribution in [0.1, 0.15) is 22.3 Å². The Kier molecular flexibility index (Phi) is 18.8. The molecule has 4 aromatic carbocycles. The molecule has 8 aliphatic rings. The molecule has 12 rings (SSSR count). The summed E-state index contributed by atoms with van der Waals surface area (Å²) in [4.78, 5) is 6.35. The molecular weight excluding hydrogens is 1280 g/mol. The third kappa shape index (κ3) is 14.3. The van der Waals surface area contributed by atoms with Crippen molar-refractivity contribution in [2.45, 2.75) is 5.41 Å². The van der Waals surface area contributed by atoms with Crippen molar-refractivity contribution >= 4 is 83.5 Å². The van der Waals surface area contributed by atoms with Crippen molar-refractivity contribution in [2.75, 3.05) is 176 Å². The topological polar surface area (TPSA) is 297 Å². The van der Waals surface area contributed by atoms with E-state index < -0.39 is 66.2 Å². The van der Waals surface area contributed by atoms with Crippen LogP contribution in [0.4, 0.5) is 22.7 Å². The second kappa shape index (κ2) is 25.5. The second-order valence-corrected chi connectivity index (χ2v) is 36.6. The van der Waals surface area contributed by atoms with Gasteiger partial charge in [0.05, 0.1) is 111 Å². The van der Waals surface area contributed by atoms with Gasteiger partial charge >= 0.3 is 60.8 Å². The molecule has 0 spiro atoms. The van der Waals surface area contributed by atoms with E-state index in [1.165, 1.54) is 0 Å². The molecule has 0 N–H and O–H groups in total. The fraction of sp³-hybridized carbons (Fsp3) is 0.510. The molecule has 0 aliphatic carbocycles. The number of anilines is 4. The van der Waals surface area contributed by atoms with Crippen LogP contribution in [0.25, 0.3) is 0 Å². The maximum atomic E-state index is 13.9. The summed E-state index contributed by atoms with van der Waals surface area (Å²) in [6, 6.07) is 29.0. The Morgan fingerprint density at radius 2 is 0.341 bits per heavy atom. The van der Waals surface area contributed by atoms with Gasteiger partial charge in [-0.1, -0.05) is 48.5 Å². The molecular formula is C49H64N4O24P8. The van der Waals surface area contributed by atoms with Gasteiger partial charge in [-0.05, 0) is 70.8 Å². The van der Waals surface area contributed by atoms with E-state index in [2.05, 4.69) is 0 Å². The minimum absolute atomic E-state index is 0.103. The van der Waals surface area contributed by atoms with Crippen molar-refractivity contribution in [1.82, 2.24) is 0 Å². The van der Waals surface area contributed by atoms with Gasteiger partial charge < -0.3 is 92.0 Å². The third-order valence-corrected chi connectivity index (χ3v) is 29.4. The summed E-state index contributed by atoms with van der Waals surface area (Å²) in [6.07, 6.45) is -2.28. The van der Waals surface area contributed by atoms with E-state index in [4.69, 9.17) is 72.4 Å². The highest BCUT2D eigenvalue weighted by Crippen LogP contribution is 2.62. The summed E-state index contributed by atoms with van der Waals surface area (Å²) >= 11 is 0. The number of rotatable bonds is 24. The molecule has 85 heavy (non-hydrogen) atoms. The minimum atomic E-state index is -3.71. The lowest BCUT2D eigenvalue weighted by atomic mass is 9.65. The van der Waals surface area contributed by atoms with Gasteiger partial charge in [-0.3, -0.25) is 36.5 Å². The minimum Gasteiger partial charge on any atom is -0.348 e. The average molecular weight is 1340 g/mol. The van der Waals surface area contributed by atoms with E-state index in [0.717, 1.165) is 0 Å². The fourth-order valence-electron chi connectivity index (χ4n) is 11.0. The molecule has 28 nitrogen and oxygen atoms in total. The summed E-state index contributed by atoms with van der Waals surface area (Å²) in [5.74, 6) is 0. The molecule has 8 saturated heterocycles. The van der Waals surface area contributed by atoms with Crippen LogP contribution in [0.5, 0.6) is 0 Å². The molecule has 0 unspecified atom stereocenters. The molecule has 0 atom stereocenters. The monoisotopic (exact) mass is 1340 g/mol. The smallest absolute Gasteiger partial charge is 0.348 e. The van der Waals surface area contributed by atoms with Crippen molar-refractivity contribution < 1.29 is 109 Å². The Morgan fingerprint density at radius 1 is 0.224 bits per heavy atom. The van der Waals surface area contributed by atoms with Gasteiger partial charge in [0.25, 0.3) is 0 Å². The Bertz CT molecular complexity index is 2800. The molecule has 0 saturated carbocycles. The van der Waals surface area contributed by atoms with Crippen LogP contribution >= 0.6 is 60.8 Å². The molecule has 464 valence electrons. The van der Waals surface area contributed by atoms with Crippen molar-refractivity contribution in [1.29, 1.82) is 0 Å². The lowest BCUT2D eigenvalue weighted by Gasteiger charge is -2.38. The van der Waals surface area contributed by atoms with Gasteiger partial charge in [0.2, 0.25) is 0 Å². The first-order valence-electron chi connectivity index (χ1n) is 27.2. The zero-order valence-corrected chi connectivity index (χ0v) is 53.0. The average Bonchev–Trinajstić information content (AvgIpc) is 3.49. The molecule has 4 aromatic rings. The van der Waals surface area contributed by atoms with Gasteiger partial charge in [-0.2, -0.15) is 0 Å². The van der Waals surface area contributed by atoms with Crippen molar-refractivity contribution in [2.24, 2.45) is 0 Å². The van der Waals surface area contributed by atoms with E-state index in [1.807, 2.05) is 48.5 Å². The van der Waals surface area contributed by atoms with Gasteiger partial charge in [0.15, 0.2) is 0 Å². The first-order valence-corrected chi connectivity index (χ1v) is 41.1.